The molecular weight excluding hydrogens is 218 g/mol. The maximum Gasteiger partial charge on any atom is 0.412 e. The average molecular weight is 231 g/mol. The molecule has 17 heavy (non-hydrogen) atoms. The first-order valence-corrected chi connectivity index (χ1v) is 5.40. The van der Waals surface area contributed by atoms with E-state index in [1.54, 1.807) is 30.3 Å². The van der Waals surface area contributed by atoms with E-state index in [4.69, 9.17) is 0 Å². The highest BCUT2D eigenvalue weighted by atomic mass is 16.4. The van der Waals surface area contributed by atoms with Gasteiger partial charge < -0.3 is 5.11 Å². The summed E-state index contributed by atoms with van der Waals surface area (Å²) in [6.45, 7) is 3.60. The fourth-order valence-corrected chi connectivity index (χ4v) is 2.17. The highest BCUT2D eigenvalue weighted by Gasteiger charge is 2.34. The predicted octanol–water partition coefficient (Wildman–Crippen LogP) is 2.70. The van der Waals surface area contributed by atoms with Gasteiger partial charge in [0.1, 0.15) is 0 Å². The van der Waals surface area contributed by atoms with Gasteiger partial charge in [0.05, 0.1) is 11.7 Å². The molecule has 0 aromatic heterocycles. The number of ketones is 1. The molecule has 1 aromatic carbocycles. The Bertz CT molecular complexity index is 481. The van der Waals surface area contributed by atoms with Crippen LogP contribution in [0.1, 0.15) is 23.2 Å². The van der Waals surface area contributed by atoms with Gasteiger partial charge in [-0.1, -0.05) is 18.2 Å². The second-order valence-corrected chi connectivity index (χ2v) is 3.98. The molecule has 0 fully saturated rings. The number of para-hydroxylation sites is 1. The lowest BCUT2D eigenvalue weighted by molar-refractivity contribution is 0.0966. The summed E-state index contributed by atoms with van der Waals surface area (Å²) in [4.78, 5) is 24.4. The molecule has 1 N–H and O–H groups in total. The maximum atomic E-state index is 11.9. The van der Waals surface area contributed by atoms with E-state index >= 15 is 0 Å². The van der Waals surface area contributed by atoms with Crippen LogP contribution in [-0.4, -0.2) is 23.0 Å². The van der Waals surface area contributed by atoms with Crippen LogP contribution in [0.25, 0.3) is 0 Å². The zero-order valence-corrected chi connectivity index (χ0v) is 9.30. The molecule has 1 aliphatic rings. The van der Waals surface area contributed by atoms with Crippen LogP contribution in [0.3, 0.4) is 0 Å². The summed E-state index contributed by atoms with van der Waals surface area (Å²) in [7, 11) is 0. The smallest absolute Gasteiger partial charge is 0.412 e. The van der Waals surface area contributed by atoms with Crippen molar-refractivity contribution >= 4 is 17.6 Å². The third-order valence-electron chi connectivity index (χ3n) is 2.89. The molecule has 1 unspecified atom stereocenters. The first kappa shape index (κ1) is 11.4. The van der Waals surface area contributed by atoms with Crippen molar-refractivity contribution < 1.29 is 14.7 Å². The first-order chi connectivity index (χ1) is 8.15. The topological polar surface area (TPSA) is 57.6 Å². The van der Waals surface area contributed by atoms with E-state index < -0.39 is 6.09 Å². The average Bonchev–Trinajstić information content (AvgIpc) is 2.29. The number of hydrogen-bond acceptors (Lipinski definition) is 2. The van der Waals surface area contributed by atoms with Crippen molar-refractivity contribution in [1.29, 1.82) is 0 Å². The summed E-state index contributed by atoms with van der Waals surface area (Å²) in [6, 6.07) is 6.46. The zero-order valence-electron chi connectivity index (χ0n) is 9.30. The zero-order chi connectivity index (χ0) is 12.4. The van der Waals surface area contributed by atoms with Crippen LogP contribution in [-0.2, 0) is 0 Å². The lowest BCUT2D eigenvalue weighted by atomic mass is 9.93. The SMILES string of the molecule is C=CCC1CC(=O)c2ccccc2N1C(=O)O. The number of carbonyl (C=O) groups excluding carboxylic acids is 1. The van der Waals surface area contributed by atoms with E-state index in [9.17, 15) is 14.7 Å². The molecule has 1 aliphatic heterocycles. The van der Waals surface area contributed by atoms with Crippen LogP contribution >= 0.6 is 0 Å². The fourth-order valence-electron chi connectivity index (χ4n) is 2.17. The number of fused-ring (bicyclic) bond motifs is 1. The molecule has 1 amide bonds. The van der Waals surface area contributed by atoms with Gasteiger partial charge in [0.15, 0.2) is 5.78 Å². The van der Waals surface area contributed by atoms with E-state index in [2.05, 4.69) is 6.58 Å². The molecule has 2 rings (SSSR count). The van der Waals surface area contributed by atoms with Crippen LogP contribution < -0.4 is 4.90 Å². The van der Waals surface area contributed by atoms with E-state index in [0.29, 0.717) is 17.7 Å². The molecule has 88 valence electrons. The Morgan fingerprint density at radius 3 is 2.88 bits per heavy atom. The standard InChI is InChI=1S/C13H13NO3/c1-2-5-9-8-12(15)10-6-3-4-7-11(10)14(9)13(16)17/h2-4,6-7,9H,1,5,8H2,(H,16,17). The molecule has 1 heterocycles. The summed E-state index contributed by atoms with van der Waals surface area (Å²) in [5, 5.41) is 9.25. The number of anilines is 1. The lowest BCUT2D eigenvalue weighted by Gasteiger charge is -2.33. The van der Waals surface area contributed by atoms with Crippen molar-refractivity contribution in [2.24, 2.45) is 0 Å². The number of hydrogen-bond donors (Lipinski definition) is 1. The van der Waals surface area contributed by atoms with Gasteiger partial charge in [-0.2, -0.15) is 0 Å². The maximum absolute atomic E-state index is 11.9. The second-order valence-electron chi connectivity index (χ2n) is 3.98. The number of amides is 1. The van der Waals surface area contributed by atoms with Gasteiger partial charge in [-0.25, -0.2) is 4.79 Å². The number of Topliss-reactive ketones (excluding diaryl/α,β-unsaturated/α-hetero) is 1. The Labute approximate surface area is 99.2 Å². The summed E-state index contributed by atoms with van der Waals surface area (Å²) in [6.07, 6.45) is 1.31. The minimum Gasteiger partial charge on any atom is -0.465 e. The van der Waals surface area contributed by atoms with Crippen LogP contribution in [0.15, 0.2) is 36.9 Å². The summed E-state index contributed by atoms with van der Waals surface area (Å²) < 4.78 is 0. The third kappa shape index (κ3) is 1.93. The number of rotatable bonds is 2. The Balaban J connectivity index is 2.50. The highest BCUT2D eigenvalue weighted by molar-refractivity contribution is 6.07. The van der Waals surface area contributed by atoms with E-state index in [-0.39, 0.29) is 18.2 Å². The van der Waals surface area contributed by atoms with Crippen molar-refractivity contribution in [2.75, 3.05) is 4.90 Å². The van der Waals surface area contributed by atoms with E-state index in [0.717, 1.165) is 0 Å². The molecule has 0 bridgehead atoms. The Hall–Kier alpha value is -2.10. The minimum absolute atomic E-state index is 0.00931. The van der Waals surface area contributed by atoms with Gasteiger partial charge in [-0.15, -0.1) is 6.58 Å². The quantitative estimate of drug-likeness (QED) is 0.796. The second kappa shape index (κ2) is 4.41. The van der Waals surface area contributed by atoms with Crippen LogP contribution in [0.2, 0.25) is 0 Å². The number of nitrogens with zero attached hydrogens (tertiary/aromatic N) is 1. The number of carboxylic acid groups (broad SMARTS) is 1. The summed E-state index contributed by atoms with van der Waals surface area (Å²) in [5.74, 6) is -0.00931. The Morgan fingerprint density at radius 1 is 1.53 bits per heavy atom. The molecule has 4 heteroatoms. The van der Waals surface area contributed by atoms with Gasteiger partial charge in [-0.05, 0) is 18.6 Å². The van der Waals surface area contributed by atoms with Gasteiger partial charge in [0.25, 0.3) is 0 Å². The largest absolute Gasteiger partial charge is 0.465 e. The van der Waals surface area contributed by atoms with E-state index in [1.807, 2.05) is 0 Å². The monoisotopic (exact) mass is 231 g/mol. The van der Waals surface area contributed by atoms with Crippen molar-refractivity contribution in [2.45, 2.75) is 18.9 Å². The summed E-state index contributed by atoms with van der Waals surface area (Å²) >= 11 is 0. The van der Waals surface area contributed by atoms with Crippen molar-refractivity contribution in [1.82, 2.24) is 0 Å². The molecular formula is C13H13NO3. The number of carbonyl (C=O) groups is 2. The normalized spacial score (nSPS) is 18.7. The molecule has 1 aromatic rings. The molecule has 0 spiro atoms. The van der Waals surface area contributed by atoms with Crippen molar-refractivity contribution in [3.63, 3.8) is 0 Å². The van der Waals surface area contributed by atoms with Gasteiger partial charge in [0, 0.05) is 12.0 Å². The van der Waals surface area contributed by atoms with Gasteiger partial charge >= 0.3 is 6.09 Å². The van der Waals surface area contributed by atoms with Gasteiger partial charge in [-0.3, -0.25) is 9.69 Å². The summed E-state index contributed by atoms with van der Waals surface area (Å²) in [5.41, 5.74) is 0.957. The molecule has 1 atom stereocenters. The fraction of sp³-hybridized carbons (Fsp3) is 0.231. The Morgan fingerprint density at radius 2 is 2.24 bits per heavy atom. The molecule has 0 aliphatic carbocycles. The van der Waals surface area contributed by atoms with Crippen LogP contribution in [0.4, 0.5) is 10.5 Å². The number of benzene rings is 1. The lowest BCUT2D eigenvalue weighted by Crippen LogP contribution is -2.44. The molecule has 4 nitrogen and oxygen atoms in total. The van der Waals surface area contributed by atoms with Crippen LogP contribution in [0, 0.1) is 0 Å². The molecule has 0 saturated heterocycles. The third-order valence-corrected chi connectivity index (χ3v) is 2.89. The van der Waals surface area contributed by atoms with E-state index in [1.165, 1.54) is 4.90 Å². The van der Waals surface area contributed by atoms with Gasteiger partial charge in [0.2, 0.25) is 0 Å². The predicted molar refractivity (Wildman–Crippen MR) is 64.5 cm³/mol. The first-order valence-electron chi connectivity index (χ1n) is 5.40. The highest BCUT2D eigenvalue weighted by Crippen LogP contribution is 2.31. The minimum atomic E-state index is -1.03. The molecule has 0 radical (unpaired) electrons. The van der Waals surface area contributed by atoms with Crippen LogP contribution in [0.5, 0.6) is 0 Å². The molecule has 0 saturated carbocycles. The van der Waals surface area contributed by atoms with Crippen molar-refractivity contribution in [3.05, 3.63) is 42.5 Å². The Kier molecular flexibility index (Phi) is 2.95. The van der Waals surface area contributed by atoms with Crippen molar-refractivity contribution in [3.8, 4) is 0 Å².